The van der Waals surface area contributed by atoms with Crippen molar-refractivity contribution in [3.05, 3.63) is 55.6 Å². The number of allylic oxidation sites excluding steroid dienone is 2. The summed E-state index contributed by atoms with van der Waals surface area (Å²) in [5, 5.41) is 0. The highest BCUT2D eigenvalue weighted by Gasteiger charge is 2.29. The zero-order valence-electron chi connectivity index (χ0n) is 10.3. The summed E-state index contributed by atoms with van der Waals surface area (Å²) in [5.74, 6) is 0. The minimum absolute atomic E-state index is 1.09. The van der Waals surface area contributed by atoms with Gasteiger partial charge in [-0.15, -0.1) is 13.2 Å². The van der Waals surface area contributed by atoms with E-state index in [0.717, 1.165) is 12.1 Å². The van der Waals surface area contributed by atoms with Gasteiger partial charge in [0.25, 0.3) is 0 Å². The topological polar surface area (TPSA) is 3.24 Å². The van der Waals surface area contributed by atoms with Crippen LogP contribution in [0.1, 0.15) is 0 Å². The molecule has 0 saturated carbocycles. The molecule has 0 aliphatic carbocycles. The second-order valence-electron chi connectivity index (χ2n) is 4.38. The van der Waals surface area contributed by atoms with Crippen LogP contribution in [0, 0.1) is 0 Å². The molecule has 0 spiro atoms. The molecule has 0 unspecified atom stereocenters. The van der Waals surface area contributed by atoms with E-state index in [0.29, 0.717) is 0 Å². The van der Waals surface area contributed by atoms with Crippen LogP contribution in [0.5, 0.6) is 0 Å². The maximum absolute atomic E-state index is 3.88. The molecule has 0 aromatic heterocycles. The monoisotopic (exact) mass is 231 g/mol. The number of anilines is 1. The van der Waals surface area contributed by atoms with Crippen molar-refractivity contribution in [3.8, 4) is 0 Å². The first-order valence-electron chi connectivity index (χ1n) is 5.65. The molecule has 86 valence electrons. The number of benzene rings is 1. The number of hydrogen-bond acceptors (Lipinski definition) is 1. The van der Waals surface area contributed by atoms with Crippen LogP contribution in [0.15, 0.2) is 55.6 Å². The summed E-state index contributed by atoms with van der Waals surface area (Å²) in [6, 6.07) is 12.7. The Morgan fingerprint density at radius 3 is 2.06 bits per heavy atom. The van der Waals surface area contributed by atoms with E-state index in [-0.39, 0.29) is 0 Å². The highest BCUT2D eigenvalue weighted by molar-refractivity contribution is 6.82. The Labute approximate surface area is 100 Å². The largest absolute Gasteiger partial charge is 0.400 e. The lowest BCUT2D eigenvalue weighted by Crippen LogP contribution is -2.48. The number of hydrogen-bond donors (Lipinski definition) is 0. The van der Waals surface area contributed by atoms with Gasteiger partial charge in [0.2, 0.25) is 0 Å². The van der Waals surface area contributed by atoms with Crippen LogP contribution in [0.3, 0.4) is 0 Å². The van der Waals surface area contributed by atoms with Crippen LogP contribution in [0.25, 0.3) is 0 Å². The average Bonchev–Trinajstić information content (AvgIpc) is 2.30. The van der Waals surface area contributed by atoms with Gasteiger partial charge in [-0.05, 0) is 31.3 Å². The lowest BCUT2D eigenvalue weighted by atomic mass is 10.3. The number of para-hydroxylation sites is 1. The minimum atomic E-state index is -1.50. The second kappa shape index (κ2) is 5.71. The van der Waals surface area contributed by atoms with Crippen molar-refractivity contribution >= 4 is 13.9 Å². The Bertz CT molecular complexity index is 335. The summed E-state index contributed by atoms with van der Waals surface area (Å²) in [7, 11) is 0.693. The fourth-order valence-electron chi connectivity index (χ4n) is 1.94. The molecular weight excluding hydrogens is 210 g/mol. The first kappa shape index (κ1) is 12.8. The van der Waals surface area contributed by atoms with Gasteiger partial charge in [0.1, 0.15) is 0 Å². The third-order valence-corrected chi connectivity index (χ3v) is 7.34. The molecule has 0 bridgehead atoms. The van der Waals surface area contributed by atoms with Crippen LogP contribution in [-0.2, 0) is 0 Å². The van der Waals surface area contributed by atoms with Gasteiger partial charge >= 0.3 is 0 Å². The molecule has 2 heteroatoms. The molecule has 1 aromatic carbocycles. The van der Waals surface area contributed by atoms with Crippen molar-refractivity contribution < 1.29 is 0 Å². The van der Waals surface area contributed by atoms with E-state index in [4.69, 9.17) is 0 Å². The molecule has 1 nitrogen and oxygen atoms in total. The van der Waals surface area contributed by atoms with Crippen molar-refractivity contribution in [1.82, 2.24) is 0 Å². The molecule has 0 radical (unpaired) electrons. The lowest BCUT2D eigenvalue weighted by Gasteiger charge is -2.37. The molecular formula is C14H21NSi. The smallest absolute Gasteiger partial charge is 0.160 e. The van der Waals surface area contributed by atoms with Gasteiger partial charge in [-0.1, -0.05) is 36.9 Å². The van der Waals surface area contributed by atoms with E-state index in [9.17, 15) is 0 Å². The van der Waals surface area contributed by atoms with Gasteiger partial charge < -0.3 is 4.57 Å². The van der Waals surface area contributed by atoms with E-state index in [1.807, 2.05) is 12.2 Å². The summed E-state index contributed by atoms with van der Waals surface area (Å²) in [6.07, 6.45) is 4.07. The molecule has 0 aliphatic heterocycles. The van der Waals surface area contributed by atoms with Crippen molar-refractivity contribution in [1.29, 1.82) is 0 Å². The SMILES string of the molecule is C=CC[Si](C)(CC=C)N(C)c1ccccc1. The van der Waals surface area contributed by atoms with E-state index >= 15 is 0 Å². The van der Waals surface area contributed by atoms with Crippen LogP contribution in [-0.4, -0.2) is 15.3 Å². The van der Waals surface area contributed by atoms with Gasteiger partial charge in [-0.3, -0.25) is 0 Å². The highest BCUT2D eigenvalue weighted by Crippen LogP contribution is 2.26. The molecule has 0 heterocycles. The third-order valence-electron chi connectivity index (χ3n) is 3.12. The van der Waals surface area contributed by atoms with Crippen molar-refractivity contribution in [2.24, 2.45) is 0 Å². The van der Waals surface area contributed by atoms with Crippen LogP contribution in [0.2, 0.25) is 18.6 Å². The van der Waals surface area contributed by atoms with E-state index in [2.05, 4.69) is 61.6 Å². The minimum Gasteiger partial charge on any atom is -0.400 e. The quantitative estimate of drug-likeness (QED) is 0.527. The Balaban J connectivity index is 2.94. The Morgan fingerprint density at radius 2 is 1.62 bits per heavy atom. The molecule has 0 saturated heterocycles. The third kappa shape index (κ3) is 2.86. The van der Waals surface area contributed by atoms with Gasteiger partial charge in [-0.25, -0.2) is 0 Å². The van der Waals surface area contributed by atoms with Gasteiger partial charge in [0.15, 0.2) is 8.24 Å². The summed E-state index contributed by atoms with van der Waals surface area (Å²) in [4.78, 5) is 0. The standard InChI is InChI=1S/C14H21NSi/c1-5-12-16(4,13-6-2)15(3)14-10-8-7-9-11-14/h5-11H,1-2,12-13H2,3-4H3. The Morgan fingerprint density at radius 1 is 1.12 bits per heavy atom. The number of rotatable bonds is 6. The maximum atomic E-state index is 3.88. The Hall–Kier alpha value is -1.28. The van der Waals surface area contributed by atoms with Crippen LogP contribution < -0.4 is 4.57 Å². The van der Waals surface area contributed by atoms with E-state index in [1.54, 1.807) is 0 Å². The molecule has 16 heavy (non-hydrogen) atoms. The van der Waals surface area contributed by atoms with E-state index in [1.165, 1.54) is 5.69 Å². The average molecular weight is 231 g/mol. The van der Waals surface area contributed by atoms with Crippen molar-refractivity contribution in [3.63, 3.8) is 0 Å². The fraction of sp³-hybridized carbons (Fsp3) is 0.286. The lowest BCUT2D eigenvalue weighted by molar-refractivity contribution is 1.19. The molecule has 0 N–H and O–H groups in total. The normalized spacial score (nSPS) is 10.9. The molecule has 0 fully saturated rings. The zero-order valence-corrected chi connectivity index (χ0v) is 11.3. The van der Waals surface area contributed by atoms with Crippen LogP contribution in [0.4, 0.5) is 5.69 Å². The molecule has 0 amide bonds. The number of nitrogens with zero attached hydrogens (tertiary/aromatic N) is 1. The summed E-state index contributed by atoms with van der Waals surface area (Å²) in [5.41, 5.74) is 1.29. The fourth-order valence-corrected chi connectivity index (χ4v) is 4.67. The van der Waals surface area contributed by atoms with Crippen molar-refractivity contribution in [2.75, 3.05) is 11.6 Å². The Kier molecular flexibility index (Phi) is 4.56. The van der Waals surface area contributed by atoms with Crippen molar-refractivity contribution in [2.45, 2.75) is 18.6 Å². The van der Waals surface area contributed by atoms with Gasteiger partial charge in [0.05, 0.1) is 0 Å². The summed E-state index contributed by atoms with van der Waals surface area (Å²) in [6.45, 7) is 10.1. The molecule has 0 aliphatic rings. The summed E-state index contributed by atoms with van der Waals surface area (Å²) < 4.78 is 2.44. The van der Waals surface area contributed by atoms with Gasteiger partial charge in [-0.2, -0.15) is 0 Å². The first-order valence-corrected chi connectivity index (χ1v) is 8.51. The maximum Gasteiger partial charge on any atom is 0.160 e. The highest BCUT2D eigenvalue weighted by atomic mass is 28.3. The second-order valence-corrected chi connectivity index (χ2v) is 8.86. The molecule has 1 rings (SSSR count). The van der Waals surface area contributed by atoms with Crippen LogP contribution >= 0.6 is 0 Å². The first-order chi connectivity index (χ1) is 7.64. The predicted octanol–water partition coefficient (Wildman–Crippen LogP) is 4.07. The predicted molar refractivity (Wildman–Crippen MR) is 76.5 cm³/mol. The zero-order chi connectivity index (χ0) is 12.0. The molecule has 0 atom stereocenters. The van der Waals surface area contributed by atoms with E-state index < -0.39 is 8.24 Å². The summed E-state index contributed by atoms with van der Waals surface area (Å²) >= 11 is 0. The van der Waals surface area contributed by atoms with Gasteiger partial charge in [0, 0.05) is 5.69 Å². The molecule has 1 aromatic rings.